The van der Waals surface area contributed by atoms with E-state index in [-0.39, 0.29) is 6.92 Å². The molecule has 0 saturated carbocycles. The summed E-state index contributed by atoms with van der Waals surface area (Å²) in [5.74, 6) is -62.5. The molecule has 0 aromatic heterocycles. The molecule has 0 bridgehead atoms. The first kappa shape index (κ1) is 32.5. The second-order valence-corrected chi connectivity index (χ2v) is 7.23. The van der Waals surface area contributed by atoms with Gasteiger partial charge in [-0.15, -0.1) is 13.2 Å². The fourth-order valence-electron chi connectivity index (χ4n) is 2.76. The van der Waals surface area contributed by atoms with Gasteiger partial charge in [0, 0.05) is 0 Å². The van der Waals surface area contributed by atoms with Gasteiger partial charge in [-0.05, 0) is 6.92 Å². The normalized spacial score (nSPS) is 21.4. The quantitative estimate of drug-likeness (QED) is 0.204. The first-order chi connectivity index (χ1) is 15.4. The molecule has 1 fully saturated rings. The molecule has 1 saturated heterocycles. The topological polar surface area (TPSA) is 21.8 Å². The molecular formula is C14H8F20O2. The summed E-state index contributed by atoms with van der Waals surface area (Å²) in [4.78, 5) is 0. The molecule has 0 spiro atoms. The third-order valence-corrected chi connectivity index (χ3v) is 4.75. The van der Waals surface area contributed by atoms with Gasteiger partial charge in [-0.3, -0.25) is 4.74 Å². The van der Waals surface area contributed by atoms with E-state index in [9.17, 15) is 87.8 Å². The Hall–Kier alpha value is -1.48. The fourth-order valence-corrected chi connectivity index (χ4v) is 2.76. The lowest BCUT2D eigenvalue weighted by atomic mass is 9.82. The SMILES string of the molecule is CC(OC(F)(F)F)C(C1CO1)C(F)(F)C(F)(F)C(F)(F)C(F)(F)C(F)(F)C(F)(F)C(F)(F)C(F)(F)F. The average Bonchev–Trinajstić information content (AvgIpc) is 3.42. The third kappa shape index (κ3) is 4.63. The van der Waals surface area contributed by atoms with E-state index < -0.39 is 78.7 Å². The molecule has 1 heterocycles. The van der Waals surface area contributed by atoms with Gasteiger partial charge >= 0.3 is 54.0 Å². The number of hydrogen-bond acceptors (Lipinski definition) is 2. The summed E-state index contributed by atoms with van der Waals surface area (Å²) in [5.41, 5.74) is 0. The minimum absolute atomic E-state index is 0.188. The Morgan fingerprint density at radius 2 is 0.861 bits per heavy atom. The van der Waals surface area contributed by atoms with Crippen LogP contribution < -0.4 is 0 Å². The van der Waals surface area contributed by atoms with Crippen molar-refractivity contribution in [2.24, 2.45) is 5.92 Å². The zero-order chi connectivity index (χ0) is 29.4. The van der Waals surface area contributed by atoms with E-state index in [0.717, 1.165) is 0 Å². The maximum absolute atomic E-state index is 14.3. The Morgan fingerprint density at radius 1 is 0.556 bits per heavy atom. The van der Waals surface area contributed by atoms with Crippen LogP contribution in [0, 0.1) is 5.92 Å². The first-order valence-electron chi connectivity index (χ1n) is 8.43. The molecule has 1 aliphatic rings. The van der Waals surface area contributed by atoms with Crippen molar-refractivity contribution in [3.8, 4) is 0 Å². The van der Waals surface area contributed by atoms with Gasteiger partial charge in [0.1, 0.15) is 0 Å². The monoisotopic (exact) mass is 588 g/mol. The Labute approximate surface area is 184 Å². The molecular weight excluding hydrogens is 580 g/mol. The van der Waals surface area contributed by atoms with Crippen LogP contribution in [0.25, 0.3) is 0 Å². The average molecular weight is 588 g/mol. The molecule has 0 radical (unpaired) electrons. The summed E-state index contributed by atoms with van der Waals surface area (Å²) in [6, 6.07) is 0. The smallest absolute Gasteiger partial charge is 0.372 e. The van der Waals surface area contributed by atoms with Gasteiger partial charge in [0.15, 0.2) is 0 Å². The van der Waals surface area contributed by atoms with Crippen LogP contribution in [-0.4, -0.2) is 72.8 Å². The van der Waals surface area contributed by atoms with Crippen LogP contribution >= 0.6 is 0 Å². The third-order valence-electron chi connectivity index (χ3n) is 4.75. The van der Waals surface area contributed by atoms with Crippen LogP contribution in [0.3, 0.4) is 0 Å². The molecule has 22 heteroatoms. The summed E-state index contributed by atoms with van der Waals surface area (Å²) in [7, 11) is 0. The van der Waals surface area contributed by atoms with Crippen molar-refractivity contribution in [2.75, 3.05) is 6.61 Å². The van der Waals surface area contributed by atoms with Crippen molar-refractivity contribution in [1.82, 2.24) is 0 Å². The van der Waals surface area contributed by atoms with E-state index in [2.05, 4.69) is 9.47 Å². The molecule has 0 amide bonds. The molecule has 1 rings (SSSR count). The summed E-state index contributed by atoms with van der Waals surface area (Å²) < 4.78 is 270. The van der Waals surface area contributed by atoms with Gasteiger partial charge in [-0.1, -0.05) is 0 Å². The van der Waals surface area contributed by atoms with Gasteiger partial charge in [-0.25, -0.2) is 0 Å². The van der Waals surface area contributed by atoms with Crippen LogP contribution in [-0.2, 0) is 9.47 Å². The molecule has 1 aliphatic heterocycles. The summed E-state index contributed by atoms with van der Waals surface area (Å²) >= 11 is 0. The summed E-state index contributed by atoms with van der Waals surface area (Å²) in [6.07, 6.45) is -19.9. The Kier molecular flexibility index (Phi) is 7.70. The maximum atomic E-state index is 14.3. The van der Waals surface area contributed by atoms with E-state index in [1.807, 2.05) is 0 Å². The zero-order valence-corrected chi connectivity index (χ0v) is 16.3. The van der Waals surface area contributed by atoms with Gasteiger partial charge in [0.2, 0.25) is 0 Å². The molecule has 0 N–H and O–H groups in total. The highest BCUT2D eigenvalue weighted by molar-refractivity contribution is 5.16. The predicted molar refractivity (Wildman–Crippen MR) is 70.5 cm³/mol. The molecule has 3 atom stereocenters. The first-order valence-corrected chi connectivity index (χ1v) is 8.43. The highest BCUT2D eigenvalue weighted by Crippen LogP contribution is 2.65. The van der Waals surface area contributed by atoms with Gasteiger partial charge in [0.05, 0.1) is 24.7 Å². The van der Waals surface area contributed by atoms with Crippen molar-refractivity contribution >= 4 is 0 Å². The minimum Gasteiger partial charge on any atom is -0.372 e. The van der Waals surface area contributed by atoms with Gasteiger partial charge < -0.3 is 4.74 Å². The Bertz CT molecular complexity index is 791. The van der Waals surface area contributed by atoms with E-state index in [0.29, 0.717) is 0 Å². The van der Waals surface area contributed by atoms with E-state index in [1.165, 1.54) is 0 Å². The van der Waals surface area contributed by atoms with E-state index in [1.54, 1.807) is 0 Å². The summed E-state index contributed by atoms with van der Waals surface area (Å²) in [5, 5.41) is 0. The predicted octanol–water partition coefficient (Wildman–Crippen LogP) is 6.94. The zero-order valence-electron chi connectivity index (χ0n) is 16.3. The van der Waals surface area contributed by atoms with Crippen molar-refractivity contribution in [1.29, 1.82) is 0 Å². The maximum Gasteiger partial charge on any atom is 0.522 e. The van der Waals surface area contributed by atoms with E-state index in [4.69, 9.17) is 0 Å². The largest absolute Gasteiger partial charge is 0.522 e. The van der Waals surface area contributed by atoms with Gasteiger partial charge in [-0.2, -0.15) is 74.6 Å². The molecule has 0 aromatic rings. The van der Waals surface area contributed by atoms with Crippen LogP contribution in [0.15, 0.2) is 0 Å². The second-order valence-electron chi connectivity index (χ2n) is 7.23. The number of halogens is 20. The fraction of sp³-hybridized carbons (Fsp3) is 1.00. The van der Waals surface area contributed by atoms with Crippen molar-refractivity contribution in [3.63, 3.8) is 0 Å². The lowest BCUT2D eigenvalue weighted by Gasteiger charge is -2.44. The number of alkyl halides is 20. The second kappa shape index (κ2) is 8.52. The molecule has 0 aromatic carbocycles. The van der Waals surface area contributed by atoms with Crippen LogP contribution in [0.2, 0.25) is 0 Å². The van der Waals surface area contributed by atoms with Gasteiger partial charge in [0.25, 0.3) is 0 Å². The highest BCUT2D eigenvalue weighted by atomic mass is 19.4. The lowest BCUT2D eigenvalue weighted by molar-refractivity contribution is -0.465. The van der Waals surface area contributed by atoms with Crippen LogP contribution in [0.4, 0.5) is 87.8 Å². The highest BCUT2D eigenvalue weighted by Gasteiger charge is 2.95. The number of rotatable bonds is 10. The van der Waals surface area contributed by atoms with Crippen LogP contribution in [0.1, 0.15) is 6.92 Å². The number of ether oxygens (including phenoxy) is 2. The molecule has 36 heavy (non-hydrogen) atoms. The molecule has 0 aliphatic carbocycles. The number of hydrogen-bond donors (Lipinski definition) is 0. The molecule has 216 valence electrons. The molecule has 2 nitrogen and oxygen atoms in total. The summed E-state index contributed by atoms with van der Waals surface area (Å²) in [6.45, 7) is -1.44. The van der Waals surface area contributed by atoms with Crippen molar-refractivity contribution in [3.05, 3.63) is 0 Å². The standard InChI is InChI=1S/C14H8F20O2/c1-3(36-14(32,33)34)5(4-2-35-4)6(15,16)7(17,18)8(19,20)9(21,22)10(23,24)11(25,26)12(27,28)13(29,30)31/h3-5H,2H2,1H3. The lowest BCUT2D eigenvalue weighted by Crippen LogP contribution is -2.75. The van der Waals surface area contributed by atoms with Crippen molar-refractivity contribution in [2.45, 2.75) is 73.1 Å². The minimum atomic E-state index is -8.83. The van der Waals surface area contributed by atoms with E-state index >= 15 is 0 Å². The van der Waals surface area contributed by atoms with Crippen molar-refractivity contribution < 1.29 is 97.3 Å². The van der Waals surface area contributed by atoms with Crippen LogP contribution in [0.5, 0.6) is 0 Å². The Morgan fingerprint density at radius 3 is 1.14 bits per heavy atom. The number of epoxide rings is 1. The molecule has 3 unspecified atom stereocenters. The Balaban J connectivity index is 3.67.